The van der Waals surface area contributed by atoms with Gasteiger partial charge in [0.05, 0.1) is 0 Å². The fourth-order valence-electron chi connectivity index (χ4n) is 2.55. The molecule has 0 atom stereocenters. The molecule has 0 saturated carbocycles. The summed E-state index contributed by atoms with van der Waals surface area (Å²) in [5.74, 6) is 0.612. The third kappa shape index (κ3) is 5.45. The molecular weight excluding hydrogens is 430 g/mol. The van der Waals surface area contributed by atoms with Crippen LogP contribution in [0, 0.1) is 11.3 Å². The van der Waals surface area contributed by atoms with Crippen molar-refractivity contribution >= 4 is 40.2 Å². The summed E-state index contributed by atoms with van der Waals surface area (Å²) in [6.07, 6.45) is 4.74. The minimum absolute atomic E-state index is 0.0907. The second-order valence-corrected chi connectivity index (χ2v) is 8.17. The van der Waals surface area contributed by atoms with E-state index in [0.717, 1.165) is 11.3 Å². The molecular formula is C22H15N5O2S2. The largest absolute Gasteiger partial charge is 0.450 e. The van der Waals surface area contributed by atoms with Crippen LogP contribution in [0.15, 0.2) is 82.1 Å². The molecule has 9 heteroatoms. The highest BCUT2D eigenvalue weighted by Gasteiger charge is 2.14. The lowest BCUT2D eigenvalue weighted by Gasteiger charge is -1.99. The van der Waals surface area contributed by atoms with Gasteiger partial charge in [-0.15, -0.1) is 10.2 Å². The Morgan fingerprint density at radius 1 is 1.16 bits per heavy atom. The van der Waals surface area contributed by atoms with Crippen LogP contribution in [0.5, 0.6) is 0 Å². The minimum Gasteiger partial charge on any atom is -0.450 e. The van der Waals surface area contributed by atoms with E-state index in [1.54, 1.807) is 24.5 Å². The molecule has 1 amide bonds. The second kappa shape index (κ2) is 9.84. The average Bonchev–Trinajstić information content (AvgIpc) is 3.47. The van der Waals surface area contributed by atoms with Crippen LogP contribution >= 0.6 is 23.1 Å². The molecule has 0 aliphatic heterocycles. The van der Waals surface area contributed by atoms with Crippen LogP contribution in [0.25, 0.3) is 16.6 Å². The first-order valence-electron chi connectivity index (χ1n) is 9.15. The Hall–Kier alpha value is -3.74. The van der Waals surface area contributed by atoms with Crippen LogP contribution in [0.2, 0.25) is 0 Å². The Morgan fingerprint density at radius 2 is 2.03 bits per heavy atom. The third-order valence-corrected chi connectivity index (χ3v) is 5.90. The van der Waals surface area contributed by atoms with Crippen molar-refractivity contribution in [1.29, 1.82) is 5.26 Å². The molecule has 7 nitrogen and oxygen atoms in total. The zero-order valence-corrected chi connectivity index (χ0v) is 17.7. The molecule has 0 saturated heterocycles. The van der Waals surface area contributed by atoms with Crippen LogP contribution in [0.3, 0.4) is 0 Å². The first kappa shape index (κ1) is 20.5. The lowest BCUT2D eigenvalue weighted by atomic mass is 10.2. The van der Waals surface area contributed by atoms with Gasteiger partial charge in [0, 0.05) is 29.8 Å². The van der Waals surface area contributed by atoms with Gasteiger partial charge in [0.2, 0.25) is 5.13 Å². The predicted octanol–water partition coefficient (Wildman–Crippen LogP) is 5.03. The molecule has 0 fully saturated rings. The number of carbonyl (C=O) groups excluding carboxylic acids is 1. The summed E-state index contributed by atoms with van der Waals surface area (Å²) in [7, 11) is 0. The molecule has 1 N–H and O–H groups in total. The van der Waals surface area contributed by atoms with Crippen molar-refractivity contribution in [3.8, 4) is 16.6 Å². The molecule has 0 aliphatic rings. The Labute approximate surface area is 186 Å². The van der Waals surface area contributed by atoms with Crippen molar-refractivity contribution in [2.45, 2.75) is 10.8 Å². The molecule has 4 aromatic rings. The topological polar surface area (TPSA) is 105 Å². The van der Waals surface area contributed by atoms with E-state index in [1.807, 2.05) is 48.5 Å². The van der Waals surface area contributed by atoms with Gasteiger partial charge in [0.25, 0.3) is 5.91 Å². The number of benzene rings is 1. The smallest absolute Gasteiger partial charge is 0.268 e. The minimum atomic E-state index is -0.578. The van der Waals surface area contributed by atoms with E-state index >= 15 is 0 Å². The van der Waals surface area contributed by atoms with Crippen molar-refractivity contribution in [3.63, 3.8) is 0 Å². The zero-order chi connectivity index (χ0) is 21.5. The maximum Gasteiger partial charge on any atom is 0.268 e. The maximum atomic E-state index is 12.5. The van der Waals surface area contributed by atoms with Crippen LogP contribution < -0.4 is 5.32 Å². The van der Waals surface area contributed by atoms with E-state index in [1.165, 1.54) is 34.7 Å². The van der Waals surface area contributed by atoms with E-state index in [9.17, 15) is 10.1 Å². The van der Waals surface area contributed by atoms with Gasteiger partial charge in [-0.1, -0.05) is 53.4 Å². The van der Waals surface area contributed by atoms with Gasteiger partial charge in [-0.3, -0.25) is 15.1 Å². The zero-order valence-electron chi connectivity index (χ0n) is 16.1. The average molecular weight is 446 g/mol. The summed E-state index contributed by atoms with van der Waals surface area (Å²) >= 11 is 2.74. The first-order chi connectivity index (χ1) is 15.2. The number of pyridine rings is 1. The van der Waals surface area contributed by atoms with Crippen LogP contribution in [-0.2, 0) is 10.5 Å². The highest BCUT2D eigenvalue weighted by Crippen LogP contribution is 2.27. The monoisotopic (exact) mass is 445 g/mol. The van der Waals surface area contributed by atoms with Crippen LogP contribution in [-0.4, -0.2) is 21.1 Å². The highest BCUT2D eigenvalue weighted by molar-refractivity contribution is 7.98. The number of nitrogens with one attached hydrogen (secondary N) is 1. The first-order valence-corrected chi connectivity index (χ1v) is 10.9. The number of nitriles is 1. The molecule has 0 spiro atoms. The van der Waals surface area contributed by atoms with Crippen molar-refractivity contribution in [1.82, 2.24) is 15.2 Å². The standard InChI is InChI=1S/C22H15N5O2S2/c23-12-17(11-18-8-9-19(29-18)30-14-15-5-2-1-3-6-15)20(28)25-22-27-26-21(31-22)16-7-4-10-24-13-16/h1-11,13H,14H2,(H,25,27,28). The number of hydrogen-bond acceptors (Lipinski definition) is 8. The molecule has 3 heterocycles. The Morgan fingerprint density at radius 3 is 2.81 bits per heavy atom. The summed E-state index contributed by atoms with van der Waals surface area (Å²) in [6, 6.07) is 19.1. The summed E-state index contributed by atoms with van der Waals surface area (Å²) in [5, 5.41) is 21.6. The highest BCUT2D eigenvalue weighted by atomic mass is 32.2. The molecule has 0 bridgehead atoms. The second-order valence-electron chi connectivity index (χ2n) is 6.21. The number of hydrogen-bond donors (Lipinski definition) is 1. The van der Waals surface area contributed by atoms with Gasteiger partial charge >= 0.3 is 0 Å². The normalized spacial score (nSPS) is 11.1. The number of nitrogens with zero attached hydrogens (tertiary/aromatic N) is 4. The van der Waals surface area contributed by atoms with Gasteiger partial charge in [0.1, 0.15) is 17.4 Å². The molecule has 0 radical (unpaired) electrons. The Balaban J connectivity index is 1.40. The van der Waals surface area contributed by atoms with Crippen molar-refractivity contribution in [2.24, 2.45) is 0 Å². The molecule has 0 unspecified atom stereocenters. The van der Waals surface area contributed by atoms with E-state index in [2.05, 4.69) is 20.5 Å². The molecule has 3 aromatic heterocycles. The SMILES string of the molecule is N#CC(=Cc1ccc(SCc2ccccc2)o1)C(=O)Nc1nnc(-c2cccnc2)s1. The Bertz CT molecular complexity index is 1240. The summed E-state index contributed by atoms with van der Waals surface area (Å²) < 4.78 is 5.72. The van der Waals surface area contributed by atoms with Gasteiger partial charge in [-0.25, -0.2) is 0 Å². The number of aromatic nitrogens is 3. The molecule has 152 valence electrons. The van der Waals surface area contributed by atoms with Gasteiger partial charge in [-0.05, 0) is 29.8 Å². The number of thioether (sulfide) groups is 1. The van der Waals surface area contributed by atoms with Gasteiger partial charge in [0.15, 0.2) is 10.1 Å². The fourth-order valence-corrected chi connectivity index (χ4v) is 4.10. The molecule has 31 heavy (non-hydrogen) atoms. The molecule has 4 rings (SSSR count). The summed E-state index contributed by atoms with van der Waals surface area (Å²) in [4.78, 5) is 16.5. The number of amides is 1. The molecule has 0 aliphatic carbocycles. The van der Waals surface area contributed by atoms with Crippen molar-refractivity contribution < 1.29 is 9.21 Å². The van der Waals surface area contributed by atoms with E-state index in [-0.39, 0.29) is 5.57 Å². The third-order valence-electron chi connectivity index (χ3n) is 4.03. The number of anilines is 1. The number of rotatable bonds is 7. The van der Waals surface area contributed by atoms with Crippen LogP contribution in [0.4, 0.5) is 5.13 Å². The van der Waals surface area contributed by atoms with Crippen molar-refractivity contribution in [2.75, 3.05) is 5.32 Å². The van der Waals surface area contributed by atoms with Gasteiger partial charge < -0.3 is 4.42 Å². The summed E-state index contributed by atoms with van der Waals surface area (Å²) in [6.45, 7) is 0. The molecule has 1 aromatic carbocycles. The van der Waals surface area contributed by atoms with Crippen LogP contribution in [0.1, 0.15) is 11.3 Å². The lowest BCUT2D eigenvalue weighted by Crippen LogP contribution is -2.13. The maximum absolute atomic E-state index is 12.5. The van der Waals surface area contributed by atoms with E-state index in [0.29, 0.717) is 21.0 Å². The lowest BCUT2D eigenvalue weighted by molar-refractivity contribution is -0.112. The van der Waals surface area contributed by atoms with Gasteiger partial charge in [-0.2, -0.15) is 5.26 Å². The van der Waals surface area contributed by atoms with Crippen molar-refractivity contribution in [3.05, 3.63) is 83.9 Å². The Kier molecular flexibility index (Phi) is 6.52. The predicted molar refractivity (Wildman–Crippen MR) is 120 cm³/mol. The fraction of sp³-hybridized carbons (Fsp3) is 0.0455. The summed E-state index contributed by atoms with van der Waals surface area (Å²) in [5.41, 5.74) is 1.89. The quantitative estimate of drug-likeness (QED) is 0.242. The number of carbonyl (C=O) groups is 1. The van der Waals surface area contributed by atoms with E-state index < -0.39 is 5.91 Å². The van der Waals surface area contributed by atoms with E-state index in [4.69, 9.17) is 4.42 Å². The number of furan rings is 1.